The van der Waals surface area contributed by atoms with Crippen LogP contribution in [0.4, 0.5) is 0 Å². The van der Waals surface area contributed by atoms with Crippen LogP contribution >= 0.6 is 0 Å². The molecule has 0 unspecified atom stereocenters. The molecule has 0 radical (unpaired) electrons. The quantitative estimate of drug-likeness (QED) is 0.551. The summed E-state index contributed by atoms with van der Waals surface area (Å²) in [5, 5.41) is 0.128. The average Bonchev–Trinajstić information content (AvgIpc) is 2.65. The summed E-state index contributed by atoms with van der Waals surface area (Å²) < 4.78 is 19.7. The van der Waals surface area contributed by atoms with Crippen molar-refractivity contribution in [2.45, 2.75) is 70.1 Å². The highest BCUT2D eigenvalue weighted by molar-refractivity contribution is 6.74. The lowest BCUT2D eigenvalue weighted by Gasteiger charge is -2.57. The maximum atomic E-state index is 6.99. The van der Waals surface area contributed by atoms with Gasteiger partial charge in [0.2, 0.25) is 0 Å². The summed E-state index contributed by atoms with van der Waals surface area (Å²) in [6.07, 6.45) is 2.20. The molecule has 1 fully saturated rings. The molecule has 2 aliphatic rings. The van der Waals surface area contributed by atoms with Crippen LogP contribution in [0, 0.1) is 0 Å². The van der Waals surface area contributed by atoms with E-state index in [-0.39, 0.29) is 5.04 Å². The lowest BCUT2D eigenvalue weighted by atomic mass is 9.68. The summed E-state index contributed by atoms with van der Waals surface area (Å²) in [5.41, 5.74) is 3.63. The number of fused-ring (bicyclic) bond motifs is 4. The summed E-state index contributed by atoms with van der Waals surface area (Å²) in [6, 6.07) is 16.7. The van der Waals surface area contributed by atoms with Crippen LogP contribution < -0.4 is 4.74 Å². The van der Waals surface area contributed by atoms with Gasteiger partial charge in [0.25, 0.3) is 0 Å². The molecule has 0 bridgehead atoms. The van der Waals surface area contributed by atoms with E-state index >= 15 is 0 Å². The third-order valence-corrected chi connectivity index (χ3v) is 11.1. The Morgan fingerprint density at radius 2 is 1.82 bits per heavy atom. The van der Waals surface area contributed by atoms with Crippen molar-refractivity contribution in [1.29, 1.82) is 0 Å². The van der Waals surface area contributed by atoms with E-state index in [9.17, 15) is 0 Å². The number of hydrogen-bond donors (Lipinski definition) is 0. The largest absolute Gasteiger partial charge is 0.488 e. The molecule has 4 heteroatoms. The predicted molar refractivity (Wildman–Crippen MR) is 115 cm³/mol. The van der Waals surface area contributed by atoms with E-state index in [2.05, 4.69) is 64.2 Å². The van der Waals surface area contributed by atoms with Gasteiger partial charge in [-0.05, 0) is 48.2 Å². The van der Waals surface area contributed by atoms with Crippen molar-refractivity contribution in [3.8, 4) is 5.75 Å². The zero-order valence-corrected chi connectivity index (χ0v) is 18.7. The van der Waals surface area contributed by atoms with E-state index in [0.29, 0.717) is 12.5 Å². The second kappa shape index (κ2) is 7.01. The highest BCUT2D eigenvalue weighted by Gasteiger charge is 2.60. The van der Waals surface area contributed by atoms with Crippen LogP contribution in [0.5, 0.6) is 5.75 Å². The van der Waals surface area contributed by atoms with E-state index < -0.39 is 14.1 Å². The molecule has 28 heavy (non-hydrogen) atoms. The number of hydrogen-bond acceptors (Lipinski definition) is 3. The molecular formula is C24H32O3Si. The maximum absolute atomic E-state index is 6.99. The lowest BCUT2D eigenvalue weighted by Crippen LogP contribution is -2.58. The molecule has 1 aliphatic heterocycles. The Bertz CT molecular complexity index is 841. The van der Waals surface area contributed by atoms with Crippen LogP contribution in [0.15, 0.2) is 48.5 Å². The molecule has 0 aromatic heterocycles. The summed E-state index contributed by atoms with van der Waals surface area (Å²) in [6.45, 7) is 12.8. The Kier molecular flexibility index (Phi) is 4.93. The van der Waals surface area contributed by atoms with Crippen molar-refractivity contribution >= 4 is 8.32 Å². The van der Waals surface area contributed by atoms with Gasteiger partial charge < -0.3 is 13.9 Å². The minimum atomic E-state index is -2.01. The van der Waals surface area contributed by atoms with E-state index in [4.69, 9.17) is 13.9 Å². The van der Waals surface area contributed by atoms with Crippen molar-refractivity contribution in [2.75, 3.05) is 6.61 Å². The molecule has 1 saturated heterocycles. The fourth-order valence-corrected chi connectivity index (χ4v) is 5.45. The molecule has 150 valence electrons. The Labute approximate surface area is 170 Å². The van der Waals surface area contributed by atoms with Crippen LogP contribution in [-0.2, 0) is 21.6 Å². The summed E-state index contributed by atoms with van der Waals surface area (Å²) >= 11 is 0. The first-order valence-electron chi connectivity index (χ1n) is 10.4. The van der Waals surface area contributed by atoms with Crippen molar-refractivity contribution in [3.05, 3.63) is 65.2 Å². The third kappa shape index (κ3) is 3.21. The maximum Gasteiger partial charge on any atom is 0.196 e. The zero-order chi connectivity index (χ0) is 20.0. The number of rotatable bonds is 5. The van der Waals surface area contributed by atoms with Gasteiger partial charge in [-0.15, -0.1) is 0 Å². The van der Waals surface area contributed by atoms with E-state index in [0.717, 1.165) is 30.8 Å². The molecule has 2 aromatic carbocycles. The average molecular weight is 397 g/mol. The van der Waals surface area contributed by atoms with Crippen molar-refractivity contribution in [3.63, 3.8) is 0 Å². The van der Waals surface area contributed by atoms with Crippen LogP contribution in [0.25, 0.3) is 0 Å². The van der Waals surface area contributed by atoms with Gasteiger partial charge in [-0.3, -0.25) is 0 Å². The predicted octanol–water partition coefficient (Wildman–Crippen LogP) is 6.35. The van der Waals surface area contributed by atoms with Gasteiger partial charge in [-0.25, -0.2) is 0 Å². The Morgan fingerprint density at radius 3 is 2.54 bits per heavy atom. The smallest absolute Gasteiger partial charge is 0.196 e. The molecule has 0 spiro atoms. The molecule has 0 saturated carbocycles. The van der Waals surface area contributed by atoms with Gasteiger partial charge in [0.15, 0.2) is 14.1 Å². The van der Waals surface area contributed by atoms with Gasteiger partial charge >= 0.3 is 0 Å². The van der Waals surface area contributed by atoms with Crippen molar-refractivity contribution in [1.82, 2.24) is 0 Å². The Balaban J connectivity index is 1.68. The molecule has 1 aliphatic carbocycles. The summed E-state index contributed by atoms with van der Waals surface area (Å²) in [5.74, 6) is 0.577. The minimum Gasteiger partial charge on any atom is -0.488 e. The van der Waals surface area contributed by atoms with Crippen molar-refractivity contribution in [2.24, 2.45) is 0 Å². The topological polar surface area (TPSA) is 27.7 Å². The minimum absolute atomic E-state index is 0.128. The first-order chi connectivity index (χ1) is 13.2. The van der Waals surface area contributed by atoms with E-state index in [1.165, 1.54) is 11.1 Å². The van der Waals surface area contributed by atoms with Crippen LogP contribution in [0.3, 0.4) is 0 Å². The zero-order valence-electron chi connectivity index (χ0n) is 17.7. The fourth-order valence-electron chi connectivity index (χ4n) is 4.08. The Hall–Kier alpha value is -1.62. The number of ether oxygens (including phenoxy) is 2. The molecule has 0 N–H and O–H groups in total. The second-order valence-electron chi connectivity index (χ2n) is 9.57. The molecule has 2 atom stereocenters. The first-order valence-corrected chi connectivity index (χ1v) is 13.3. The van der Waals surface area contributed by atoms with E-state index in [1.807, 2.05) is 18.2 Å². The molecule has 2 aromatic rings. The van der Waals surface area contributed by atoms with E-state index in [1.54, 1.807) is 0 Å². The molecular weight excluding hydrogens is 364 g/mol. The fraction of sp³-hybridized carbons (Fsp3) is 0.500. The van der Waals surface area contributed by atoms with Gasteiger partial charge in [-0.2, -0.15) is 0 Å². The lowest BCUT2D eigenvalue weighted by molar-refractivity contribution is -0.255. The third-order valence-electron chi connectivity index (χ3n) is 6.64. The summed E-state index contributed by atoms with van der Waals surface area (Å²) in [4.78, 5) is 0. The standard InChI is InChI=1S/C24H32O3Si/c1-23(2,3)28(4,5)27-24-20(14-10-16-26-24)19-13-9-15-21(22(19)24)25-17-18-11-7-6-8-12-18/h6-9,11-13,15,20H,10,14,16-17H2,1-5H3/t20-,24+/m1/s1. The first kappa shape index (κ1) is 19.7. The van der Waals surface area contributed by atoms with Crippen LogP contribution in [0.1, 0.15) is 56.2 Å². The normalized spacial score (nSPS) is 24.1. The molecule has 3 nitrogen and oxygen atoms in total. The highest BCUT2D eigenvalue weighted by Crippen LogP contribution is 2.62. The molecule has 4 rings (SSSR count). The summed E-state index contributed by atoms with van der Waals surface area (Å²) in [7, 11) is -2.01. The van der Waals surface area contributed by atoms with Crippen LogP contribution in [-0.4, -0.2) is 14.9 Å². The monoisotopic (exact) mass is 396 g/mol. The SMILES string of the molecule is CC(C)(C)[Si](C)(C)O[C@@]12OCCC[C@@H]1c1cccc(OCc3ccccc3)c12. The van der Waals surface area contributed by atoms with Crippen molar-refractivity contribution < 1.29 is 13.9 Å². The second-order valence-corrected chi connectivity index (χ2v) is 14.3. The molecule has 1 heterocycles. The molecule has 0 amide bonds. The number of benzene rings is 2. The van der Waals surface area contributed by atoms with Gasteiger partial charge in [-0.1, -0.05) is 63.2 Å². The Morgan fingerprint density at radius 1 is 1.07 bits per heavy atom. The van der Waals surface area contributed by atoms with Gasteiger partial charge in [0.1, 0.15) is 12.4 Å². The van der Waals surface area contributed by atoms with Crippen LogP contribution in [0.2, 0.25) is 18.1 Å². The van der Waals surface area contributed by atoms with Gasteiger partial charge in [0.05, 0.1) is 12.2 Å². The van der Waals surface area contributed by atoms with Gasteiger partial charge in [0, 0.05) is 5.92 Å². The highest BCUT2D eigenvalue weighted by atomic mass is 28.4.